The zero-order valence-corrected chi connectivity index (χ0v) is 8.71. The number of nitrogens with two attached hydrogens (primary N) is 2. The number of nitrogens with one attached hydrogen (secondary N) is 1. The molecule has 0 saturated heterocycles. The molecule has 5 N–H and O–H groups in total. The predicted octanol–water partition coefficient (Wildman–Crippen LogP) is 1.41. The van der Waals surface area contributed by atoms with Crippen LogP contribution in [0.2, 0.25) is 0 Å². The third-order valence-corrected chi connectivity index (χ3v) is 2.23. The minimum absolute atomic E-state index is 0.0528. The van der Waals surface area contributed by atoms with Gasteiger partial charge in [-0.1, -0.05) is 32.6 Å². The fourth-order valence-electron chi connectivity index (χ4n) is 1.24. The van der Waals surface area contributed by atoms with Crippen molar-refractivity contribution in [2.45, 2.75) is 52.0 Å². The molecule has 0 bridgehead atoms. The van der Waals surface area contributed by atoms with Crippen molar-refractivity contribution < 1.29 is 0 Å². The molecule has 0 aromatic rings. The largest absolute Gasteiger partial charge is 0.369 e. The van der Waals surface area contributed by atoms with Crippen LogP contribution in [0.3, 0.4) is 0 Å². The molecule has 78 valence electrons. The molecule has 4 heteroatoms. The van der Waals surface area contributed by atoms with Crippen molar-refractivity contribution in [3.63, 3.8) is 0 Å². The molecule has 0 spiro atoms. The van der Waals surface area contributed by atoms with Crippen molar-refractivity contribution in [2.75, 3.05) is 0 Å². The van der Waals surface area contributed by atoms with Crippen molar-refractivity contribution in [3.05, 3.63) is 0 Å². The molecule has 13 heavy (non-hydrogen) atoms. The van der Waals surface area contributed by atoms with Gasteiger partial charge in [0.2, 0.25) is 5.96 Å². The molecular formula is C9H22N4. The van der Waals surface area contributed by atoms with Crippen molar-refractivity contribution in [1.29, 1.82) is 5.41 Å². The lowest BCUT2D eigenvalue weighted by molar-refractivity contribution is 0.311. The summed E-state index contributed by atoms with van der Waals surface area (Å²) >= 11 is 0. The van der Waals surface area contributed by atoms with Crippen LogP contribution in [-0.4, -0.2) is 17.0 Å². The van der Waals surface area contributed by atoms with Crippen LogP contribution in [0, 0.1) is 5.41 Å². The Hall–Kier alpha value is -0.770. The lowest BCUT2D eigenvalue weighted by Crippen LogP contribution is -2.47. The van der Waals surface area contributed by atoms with Gasteiger partial charge in [0, 0.05) is 6.04 Å². The molecule has 0 aromatic heterocycles. The maximum absolute atomic E-state index is 7.13. The maximum atomic E-state index is 7.13. The minimum Gasteiger partial charge on any atom is -0.369 e. The highest BCUT2D eigenvalue weighted by atomic mass is 15.5. The lowest BCUT2D eigenvalue weighted by atomic mass is 10.1. The van der Waals surface area contributed by atoms with Crippen LogP contribution in [0.1, 0.15) is 46.0 Å². The molecule has 1 unspecified atom stereocenters. The molecular weight excluding hydrogens is 164 g/mol. The van der Waals surface area contributed by atoms with Gasteiger partial charge in [-0.05, 0) is 13.3 Å². The minimum atomic E-state index is -0.0528. The first-order valence-corrected chi connectivity index (χ1v) is 4.97. The van der Waals surface area contributed by atoms with E-state index in [4.69, 9.17) is 17.0 Å². The summed E-state index contributed by atoms with van der Waals surface area (Å²) in [5.41, 5.74) is 5.25. The molecule has 0 amide bonds. The second-order valence-electron chi connectivity index (χ2n) is 3.49. The van der Waals surface area contributed by atoms with Gasteiger partial charge in [0.1, 0.15) is 0 Å². The molecule has 0 aliphatic rings. The van der Waals surface area contributed by atoms with Crippen LogP contribution in [0.15, 0.2) is 0 Å². The Balaban J connectivity index is 3.50. The Bertz CT molecular complexity index is 147. The van der Waals surface area contributed by atoms with E-state index in [1.165, 1.54) is 24.3 Å². The van der Waals surface area contributed by atoms with Crippen LogP contribution >= 0.6 is 0 Å². The SMILES string of the molecule is CCCCCCC(C)N(N)C(=N)N. The molecule has 1 atom stereocenters. The summed E-state index contributed by atoms with van der Waals surface area (Å²) in [6, 6.07) is 0.175. The lowest BCUT2D eigenvalue weighted by Gasteiger charge is -2.23. The first-order chi connectivity index (χ1) is 6.09. The highest BCUT2D eigenvalue weighted by Crippen LogP contribution is 2.07. The number of rotatable bonds is 6. The molecule has 4 nitrogen and oxygen atoms in total. The second kappa shape index (κ2) is 6.71. The van der Waals surface area contributed by atoms with Crippen LogP contribution < -0.4 is 11.6 Å². The average Bonchev–Trinajstić information content (AvgIpc) is 2.10. The molecule has 0 aliphatic carbocycles. The Labute approximate surface area is 80.8 Å². The summed E-state index contributed by atoms with van der Waals surface area (Å²) in [6.45, 7) is 4.18. The summed E-state index contributed by atoms with van der Waals surface area (Å²) in [5, 5.41) is 8.45. The van der Waals surface area contributed by atoms with E-state index >= 15 is 0 Å². The smallest absolute Gasteiger partial charge is 0.203 e. The van der Waals surface area contributed by atoms with E-state index in [0.29, 0.717) is 0 Å². The Morgan fingerprint density at radius 3 is 2.46 bits per heavy atom. The quantitative estimate of drug-likeness (QED) is 0.193. The van der Waals surface area contributed by atoms with Gasteiger partial charge in [0.05, 0.1) is 0 Å². The molecule has 0 rings (SSSR count). The first kappa shape index (κ1) is 12.2. The molecule has 0 fully saturated rings. The van der Waals surface area contributed by atoms with Gasteiger partial charge >= 0.3 is 0 Å². The van der Waals surface area contributed by atoms with Crippen molar-refractivity contribution in [1.82, 2.24) is 5.01 Å². The van der Waals surface area contributed by atoms with E-state index in [9.17, 15) is 0 Å². The van der Waals surface area contributed by atoms with Crippen LogP contribution in [0.4, 0.5) is 0 Å². The fourth-order valence-corrected chi connectivity index (χ4v) is 1.24. The summed E-state index contributed by atoms with van der Waals surface area (Å²) in [4.78, 5) is 0. The summed E-state index contributed by atoms with van der Waals surface area (Å²) < 4.78 is 0. The van der Waals surface area contributed by atoms with E-state index in [1.807, 2.05) is 6.92 Å². The van der Waals surface area contributed by atoms with Crippen LogP contribution in [0.5, 0.6) is 0 Å². The van der Waals surface area contributed by atoms with E-state index in [-0.39, 0.29) is 12.0 Å². The van der Waals surface area contributed by atoms with Gasteiger partial charge < -0.3 is 5.73 Å². The van der Waals surface area contributed by atoms with Crippen molar-refractivity contribution in [3.8, 4) is 0 Å². The van der Waals surface area contributed by atoms with Gasteiger partial charge in [0.15, 0.2) is 0 Å². The number of hydrogen-bond acceptors (Lipinski definition) is 2. The second-order valence-corrected chi connectivity index (χ2v) is 3.49. The summed E-state index contributed by atoms with van der Waals surface area (Å²) in [5.74, 6) is 5.51. The number of unbranched alkanes of at least 4 members (excludes halogenated alkanes) is 3. The van der Waals surface area contributed by atoms with Crippen molar-refractivity contribution >= 4 is 5.96 Å². The molecule has 0 saturated carbocycles. The predicted molar refractivity (Wildman–Crippen MR) is 56.2 cm³/mol. The summed E-state index contributed by atoms with van der Waals surface area (Å²) in [6.07, 6.45) is 5.93. The number of guanidine groups is 1. The Morgan fingerprint density at radius 2 is 2.00 bits per heavy atom. The van der Waals surface area contributed by atoms with E-state index in [2.05, 4.69) is 6.92 Å². The van der Waals surface area contributed by atoms with E-state index in [0.717, 1.165) is 12.8 Å². The molecule has 0 heterocycles. The van der Waals surface area contributed by atoms with Gasteiger partial charge in [-0.25, -0.2) is 5.84 Å². The number of nitrogens with zero attached hydrogens (tertiary/aromatic N) is 1. The first-order valence-electron chi connectivity index (χ1n) is 4.97. The standard InChI is InChI=1S/C9H22N4/c1-3-4-5-6-7-8(2)13(12)9(10)11/h8H,3-7,12H2,1-2H3,(H3,10,11). The fraction of sp³-hybridized carbons (Fsp3) is 0.889. The van der Waals surface area contributed by atoms with Gasteiger partial charge in [-0.3, -0.25) is 10.4 Å². The number of hydrazine groups is 1. The summed E-state index contributed by atoms with van der Waals surface area (Å²) in [7, 11) is 0. The molecule has 0 aliphatic heterocycles. The van der Waals surface area contributed by atoms with Gasteiger partial charge in [0.25, 0.3) is 0 Å². The molecule has 0 aromatic carbocycles. The van der Waals surface area contributed by atoms with Crippen LogP contribution in [-0.2, 0) is 0 Å². The average molecular weight is 186 g/mol. The van der Waals surface area contributed by atoms with Gasteiger partial charge in [-0.2, -0.15) is 0 Å². The topological polar surface area (TPSA) is 79.1 Å². The Morgan fingerprint density at radius 1 is 1.38 bits per heavy atom. The highest BCUT2D eigenvalue weighted by molar-refractivity contribution is 5.74. The van der Waals surface area contributed by atoms with E-state index in [1.54, 1.807) is 0 Å². The van der Waals surface area contributed by atoms with Gasteiger partial charge in [-0.15, -0.1) is 0 Å². The zero-order chi connectivity index (χ0) is 10.3. The normalized spacial score (nSPS) is 12.5. The van der Waals surface area contributed by atoms with E-state index < -0.39 is 0 Å². The maximum Gasteiger partial charge on any atom is 0.203 e. The third-order valence-electron chi connectivity index (χ3n) is 2.23. The monoisotopic (exact) mass is 186 g/mol. The highest BCUT2D eigenvalue weighted by Gasteiger charge is 2.09. The number of hydrogen-bond donors (Lipinski definition) is 3. The van der Waals surface area contributed by atoms with Crippen molar-refractivity contribution in [2.24, 2.45) is 11.6 Å². The Kier molecular flexibility index (Phi) is 6.32. The molecule has 0 radical (unpaired) electrons. The van der Waals surface area contributed by atoms with Crippen LogP contribution in [0.25, 0.3) is 0 Å². The third kappa shape index (κ3) is 5.47. The zero-order valence-electron chi connectivity index (χ0n) is 8.71.